The van der Waals surface area contributed by atoms with Crippen molar-refractivity contribution >= 4 is 52.2 Å². The van der Waals surface area contributed by atoms with Crippen molar-refractivity contribution in [3.05, 3.63) is 68.9 Å². The first-order valence-corrected chi connectivity index (χ1v) is 10.2. The summed E-state index contributed by atoms with van der Waals surface area (Å²) in [5, 5.41) is 2.91. The second-order valence-corrected chi connectivity index (χ2v) is 7.83. The molecule has 0 aromatic heterocycles. The minimum absolute atomic E-state index is 0.0154. The molecule has 0 saturated heterocycles. The third-order valence-corrected chi connectivity index (χ3v) is 4.98. The highest BCUT2D eigenvalue weighted by Gasteiger charge is 2.46. The summed E-state index contributed by atoms with van der Waals surface area (Å²) in [6.07, 6.45) is -5.49. The first-order valence-electron chi connectivity index (χ1n) is 8.90. The standard InChI is InChI=1S/C20H16Cl3F3N2O3/c1-10-2-3-11(8-15(10)27-19(29)30-5-4-21)17-16(18(31-28-17)20(24,25)26)12-6-13(22)9-14(23)7-12/h2-3,6-9,17,28H,4-5H2,1H3,(H,27,29). The summed E-state index contributed by atoms with van der Waals surface area (Å²) < 4.78 is 45.8. The molecule has 3 rings (SSSR count). The molecule has 31 heavy (non-hydrogen) atoms. The van der Waals surface area contributed by atoms with E-state index in [0.29, 0.717) is 16.8 Å². The van der Waals surface area contributed by atoms with Gasteiger partial charge < -0.3 is 9.57 Å². The minimum Gasteiger partial charge on any atom is -0.448 e. The van der Waals surface area contributed by atoms with E-state index < -0.39 is 24.1 Å². The quantitative estimate of drug-likeness (QED) is 0.457. The number of carbonyl (C=O) groups excluding carboxylic acids is 1. The van der Waals surface area contributed by atoms with Crippen LogP contribution in [0.1, 0.15) is 22.7 Å². The number of carbonyl (C=O) groups is 1. The second-order valence-electron chi connectivity index (χ2n) is 6.58. The van der Waals surface area contributed by atoms with Gasteiger partial charge in [-0.1, -0.05) is 35.3 Å². The number of nitrogens with one attached hydrogen (secondary N) is 2. The number of alkyl halides is 4. The fourth-order valence-corrected chi connectivity index (χ4v) is 3.65. The lowest BCUT2D eigenvalue weighted by Crippen LogP contribution is -2.18. The van der Waals surface area contributed by atoms with Gasteiger partial charge in [0, 0.05) is 21.3 Å². The zero-order valence-electron chi connectivity index (χ0n) is 15.9. The fourth-order valence-electron chi connectivity index (χ4n) is 3.05. The van der Waals surface area contributed by atoms with Crippen molar-refractivity contribution < 1.29 is 27.5 Å². The van der Waals surface area contributed by atoms with E-state index in [1.54, 1.807) is 19.1 Å². The molecule has 0 spiro atoms. The molecule has 166 valence electrons. The number of hydroxylamine groups is 1. The van der Waals surface area contributed by atoms with Gasteiger partial charge in [-0.15, -0.1) is 17.1 Å². The van der Waals surface area contributed by atoms with Gasteiger partial charge in [0.2, 0.25) is 5.76 Å². The summed E-state index contributed by atoms with van der Waals surface area (Å²) in [6.45, 7) is 1.75. The molecule has 5 nitrogen and oxygen atoms in total. The van der Waals surface area contributed by atoms with Crippen molar-refractivity contribution in [1.29, 1.82) is 0 Å². The molecule has 1 aliphatic rings. The number of hydrogen-bond acceptors (Lipinski definition) is 4. The summed E-state index contributed by atoms with van der Waals surface area (Å²) in [5.74, 6) is -1.07. The van der Waals surface area contributed by atoms with E-state index in [-0.39, 0.29) is 33.7 Å². The highest BCUT2D eigenvalue weighted by molar-refractivity contribution is 6.34. The molecule has 0 aliphatic carbocycles. The summed E-state index contributed by atoms with van der Waals surface area (Å²) >= 11 is 17.5. The number of hydrogen-bond donors (Lipinski definition) is 2. The molecular weight excluding hydrogens is 480 g/mol. The molecule has 2 aromatic rings. The van der Waals surface area contributed by atoms with Gasteiger partial charge in [0.05, 0.1) is 11.9 Å². The summed E-state index contributed by atoms with van der Waals surface area (Å²) in [6, 6.07) is 7.96. The van der Waals surface area contributed by atoms with Crippen LogP contribution in [0.3, 0.4) is 0 Å². The highest BCUT2D eigenvalue weighted by atomic mass is 35.5. The van der Waals surface area contributed by atoms with E-state index in [9.17, 15) is 18.0 Å². The maximum Gasteiger partial charge on any atom is 0.451 e. The molecule has 2 aromatic carbocycles. The zero-order chi connectivity index (χ0) is 22.8. The third kappa shape index (κ3) is 5.57. The van der Waals surface area contributed by atoms with Gasteiger partial charge >= 0.3 is 12.3 Å². The number of aryl methyl sites for hydroxylation is 1. The molecule has 0 saturated carbocycles. The molecule has 11 heteroatoms. The number of allylic oxidation sites excluding steroid dienone is 1. The van der Waals surface area contributed by atoms with Crippen LogP contribution in [0.5, 0.6) is 0 Å². The van der Waals surface area contributed by atoms with Gasteiger partial charge in [-0.25, -0.2) is 4.79 Å². The van der Waals surface area contributed by atoms with Crippen LogP contribution in [0.4, 0.5) is 23.7 Å². The van der Waals surface area contributed by atoms with Crippen LogP contribution >= 0.6 is 34.8 Å². The number of rotatable bonds is 5. The fraction of sp³-hybridized carbons (Fsp3) is 0.250. The molecule has 1 atom stereocenters. The average molecular weight is 496 g/mol. The maximum atomic E-state index is 13.6. The minimum atomic E-state index is -4.76. The Bertz CT molecular complexity index is 1010. The van der Waals surface area contributed by atoms with Crippen molar-refractivity contribution in [3.8, 4) is 0 Å². The van der Waals surface area contributed by atoms with E-state index in [2.05, 4.69) is 10.8 Å². The molecular formula is C20H16Cl3F3N2O3. The van der Waals surface area contributed by atoms with Crippen LogP contribution < -0.4 is 10.8 Å². The molecule has 1 amide bonds. The Morgan fingerprint density at radius 2 is 1.87 bits per heavy atom. The Morgan fingerprint density at radius 3 is 2.48 bits per heavy atom. The first-order chi connectivity index (χ1) is 14.6. The summed E-state index contributed by atoms with van der Waals surface area (Å²) in [7, 11) is 0. The third-order valence-electron chi connectivity index (χ3n) is 4.39. The number of benzene rings is 2. The number of halogens is 6. The van der Waals surface area contributed by atoms with Crippen LogP contribution in [0, 0.1) is 6.92 Å². The topological polar surface area (TPSA) is 59.6 Å². The molecule has 0 fully saturated rings. The Labute approximate surface area is 191 Å². The Hall–Kier alpha value is -2.13. The van der Waals surface area contributed by atoms with Crippen LogP contribution in [0.15, 0.2) is 42.2 Å². The predicted molar refractivity (Wildman–Crippen MR) is 113 cm³/mol. The van der Waals surface area contributed by atoms with Gasteiger partial charge in [0.1, 0.15) is 6.61 Å². The molecule has 1 heterocycles. The molecule has 2 N–H and O–H groups in total. The lowest BCUT2D eigenvalue weighted by Gasteiger charge is -2.17. The molecule has 1 unspecified atom stereocenters. The van der Waals surface area contributed by atoms with Gasteiger partial charge in [0.15, 0.2) is 0 Å². The van der Waals surface area contributed by atoms with Crippen molar-refractivity contribution in [2.75, 3.05) is 17.8 Å². The smallest absolute Gasteiger partial charge is 0.448 e. The Kier molecular flexibility index (Phi) is 7.26. The van der Waals surface area contributed by atoms with Crippen molar-refractivity contribution in [2.24, 2.45) is 0 Å². The number of amides is 1. The number of ether oxygens (including phenoxy) is 1. The lowest BCUT2D eigenvalue weighted by atomic mass is 9.92. The van der Waals surface area contributed by atoms with Crippen LogP contribution in [0.25, 0.3) is 5.57 Å². The van der Waals surface area contributed by atoms with Gasteiger partial charge in [0.25, 0.3) is 0 Å². The lowest BCUT2D eigenvalue weighted by molar-refractivity contribution is -0.136. The molecule has 0 bridgehead atoms. The average Bonchev–Trinajstić information content (AvgIpc) is 3.13. The molecule has 0 radical (unpaired) electrons. The summed E-state index contributed by atoms with van der Waals surface area (Å²) in [4.78, 5) is 16.7. The monoisotopic (exact) mass is 494 g/mol. The van der Waals surface area contributed by atoms with E-state index in [4.69, 9.17) is 44.4 Å². The molecule has 1 aliphatic heterocycles. The van der Waals surface area contributed by atoms with Crippen LogP contribution in [-0.4, -0.2) is 24.8 Å². The zero-order valence-corrected chi connectivity index (χ0v) is 18.2. The van der Waals surface area contributed by atoms with Crippen LogP contribution in [-0.2, 0) is 9.57 Å². The Balaban J connectivity index is 2.04. The van der Waals surface area contributed by atoms with Crippen molar-refractivity contribution in [1.82, 2.24) is 5.48 Å². The normalized spacial score (nSPS) is 16.3. The van der Waals surface area contributed by atoms with Gasteiger partial charge in [-0.2, -0.15) is 13.2 Å². The number of anilines is 1. The van der Waals surface area contributed by atoms with E-state index in [0.717, 1.165) is 0 Å². The van der Waals surface area contributed by atoms with Crippen LogP contribution in [0.2, 0.25) is 10.0 Å². The maximum absolute atomic E-state index is 13.6. The SMILES string of the molecule is Cc1ccc(C2NOC(C(F)(F)F)=C2c2cc(Cl)cc(Cl)c2)cc1NC(=O)OCCCl. The van der Waals surface area contributed by atoms with E-state index in [1.807, 2.05) is 0 Å². The Morgan fingerprint density at radius 1 is 1.19 bits per heavy atom. The second kappa shape index (κ2) is 9.56. The summed E-state index contributed by atoms with van der Waals surface area (Å²) in [5.41, 5.74) is 3.82. The predicted octanol–water partition coefficient (Wildman–Crippen LogP) is 6.64. The van der Waals surface area contributed by atoms with Crippen molar-refractivity contribution in [2.45, 2.75) is 19.1 Å². The largest absolute Gasteiger partial charge is 0.451 e. The van der Waals surface area contributed by atoms with E-state index in [1.165, 1.54) is 24.3 Å². The van der Waals surface area contributed by atoms with Gasteiger partial charge in [-0.05, 0) is 47.9 Å². The highest BCUT2D eigenvalue weighted by Crippen LogP contribution is 2.45. The van der Waals surface area contributed by atoms with Crippen molar-refractivity contribution in [3.63, 3.8) is 0 Å². The van der Waals surface area contributed by atoms with Gasteiger partial charge in [-0.3, -0.25) is 5.32 Å². The first kappa shape index (κ1) is 23.5. The van der Waals surface area contributed by atoms with E-state index >= 15 is 0 Å².